The zero-order valence-electron chi connectivity index (χ0n) is 18.7. The molecule has 1 aromatic heterocycles. The van der Waals surface area contributed by atoms with Crippen LogP contribution in [0.15, 0.2) is 29.2 Å². The Labute approximate surface area is 200 Å². The van der Waals surface area contributed by atoms with Crippen molar-refractivity contribution in [3.8, 4) is 5.75 Å². The number of carbonyl (C=O) groups excluding carboxylic acids is 2. The van der Waals surface area contributed by atoms with Crippen LogP contribution in [-0.4, -0.2) is 51.4 Å². The lowest BCUT2D eigenvalue weighted by Gasteiger charge is -2.40. The Kier molecular flexibility index (Phi) is 5.58. The first-order chi connectivity index (χ1) is 16.9. The highest BCUT2D eigenvalue weighted by Crippen LogP contribution is 2.47. The number of nitrogens with one attached hydrogen (secondary N) is 1. The van der Waals surface area contributed by atoms with E-state index in [1.807, 2.05) is 6.92 Å². The summed E-state index contributed by atoms with van der Waals surface area (Å²) in [4.78, 5) is 40.2. The van der Waals surface area contributed by atoms with Crippen molar-refractivity contribution < 1.29 is 41.4 Å². The Balaban J connectivity index is 1.50. The predicted molar refractivity (Wildman–Crippen MR) is 112 cm³/mol. The third-order valence-electron chi connectivity index (χ3n) is 7.02. The molecule has 1 saturated carbocycles. The number of amides is 2. The van der Waals surface area contributed by atoms with Gasteiger partial charge in [-0.15, -0.1) is 0 Å². The highest BCUT2D eigenvalue weighted by molar-refractivity contribution is 5.99. The maximum Gasteiger partial charge on any atom is 0.412 e. The minimum Gasteiger partial charge on any atom is -0.503 e. The van der Waals surface area contributed by atoms with Gasteiger partial charge in [0.1, 0.15) is 17.2 Å². The molecule has 36 heavy (non-hydrogen) atoms. The van der Waals surface area contributed by atoms with Gasteiger partial charge in [0.2, 0.25) is 5.43 Å². The van der Waals surface area contributed by atoms with Crippen LogP contribution in [0, 0.1) is 23.5 Å². The average molecular weight is 513 g/mol. The van der Waals surface area contributed by atoms with Crippen molar-refractivity contribution >= 4 is 11.8 Å². The average Bonchev–Trinajstić information content (AvgIpc) is 3.58. The van der Waals surface area contributed by atoms with Crippen LogP contribution in [0.25, 0.3) is 0 Å². The summed E-state index contributed by atoms with van der Waals surface area (Å²) in [6.07, 6.45) is -4.22. The molecule has 0 bridgehead atoms. The summed E-state index contributed by atoms with van der Waals surface area (Å²) >= 11 is 0. The van der Waals surface area contributed by atoms with E-state index in [9.17, 15) is 41.4 Å². The van der Waals surface area contributed by atoms with E-state index in [1.165, 1.54) is 4.90 Å². The van der Waals surface area contributed by atoms with Crippen molar-refractivity contribution in [2.24, 2.45) is 11.8 Å². The van der Waals surface area contributed by atoms with Crippen LogP contribution in [0.2, 0.25) is 0 Å². The largest absolute Gasteiger partial charge is 0.503 e. The highest BCUT2D eigenvalue weighted by atomic mass is 19.4. The van der Waals surface area contributed by atoms with Crippen LogP contribution < -0.4 is 10.7 Å². The Morgan fingerprint density at radius 2 is 1.97 bits per heavy atom. The van der Waals surface area contributed by atoms with Crippen LogP contribution in [0.3, 0.4) is 0 Å². The lowest BCUT2D eigenvalue weighted by Crippen LogP contribution is -2.54. The summed E-state index contributed by atoms with van der Waals surface area (Å²) in [6.45, 7) is 2.16. The zero-order valence-corrected chi connectivity index (χ0v) is 18.7. The molecule has 2 aliphatic heterocycles. The lowest BCUT2D eigenvalue weighted by molar-refractivity contribution is -0.155. The maximum absolute atomic E-state index is 14.1. The number of hydrogen-bond acceptors (Lipinski definition) is 5. The number of benzene rings is 1. The van der Waals surface area contributed by atoms with Gasteiger partial charge in [0.15, 0.2) is 23.7 Å². The molecular formula is C23H20F5N3O5. The molecule has 1 aromatic carbocycles. The second-order valence-electron chi connectivity index (χ2n) is 9.24. The first kappa shape index (κ1) is 24.2. The van der Waals surface area contributed by atoms with E-state index >= 15 is 0 Å². The van der Waals surface area contributed by atoms with Crippen molar-refractivity contribution in [3.63, 3.8) is 0 Å². The van der Waals surface area contributed by atoms with E-state index in [0.29, 0.717) is 18.7 Å². The molecule has 2 fully saturated rings. The molecule has 3 aliphatic rings. The first-order valence-corrected chi connectivity index (χ1v) is 11.1. The van der Waals surface area contributed by atoms with Crippen LogP contribution >= 0.6 is 0 Å². The quantitative estimate of drug-likeness (QED) is 0.615. The molecule has 3 heterocycles. The van der Waals surface area contributed by atoms with Gasteiger partial charge in [-0.1, -0.05) is 6.07 Å². The second-order valence-corrected chi connectivity index (χ2v) is 9.24. The maximum atomic E-state index is 14.1. The number of halogens is 5. The van der Waals surface area contributed by atoms with Crippen LogP contribution in [0.4, 0.5) is 22.0 Å². The fourth-order valence-electron chi connectivity index (χ4n) is 5.04. The molecule has 8 nitrogen and oxygen atoms in total. The topological polar surface area (TPSA) is 101 Å². The van der Waals surface area contributed by atoms with Crippen LogP contribution in [0.1, 0.15) is 45.8 Å². The Hall–Kier alpha value is -3.48. The van der Waals surface area contributed by atoms with Crippen molar-refractivity contribution in [1.29, 1.82) is 0 Å². The van der Waals surface area contributed by atoms with Gasteiger partial charge in [0.25, 0.3) is 11.8 Å². The molecule has 1 unspecified atom stereocenters. The van der Waals surface area contributed by atoms with Gasteiger partial charge < -0.3 is 24.6 Å². The van der Waals surface area contributed by atoms with Gasteiger partial charge in [-0.05, 0) is 31.2 Å². The molecule has 192 valence electrons. The number of nitrogens with zero attached hydrogens (tertiary/aromatic N) is 2. The smallest absolute Gasteiger partial charge is 0.412 e. The highest BCUT2D eigenvalue weighted by Gasteiger charge is 2.51. The molecule has 2 aromatic rings. The minimum atomic E-state index is -5.21. The molecule has 0 spiro atoms. The van der Waals surface area contributed by atoms with Gasteiger partial charge >= 0.3 is 6.18 Å². The number of rotatable bonds is 3. The van der Waals surface area contributed by atoms with E-state index in [-0.39, 0.29) is 30.5 Å². The van der Waals surface area contributed by atoms with E-state index < -0.39 is 69.9 Å². The SMILES string of the molecule is C[C@@H]1C2C[C@@H]2CO[C@@H]2Cn3cc(C(=O)N[C@@H](c4ccc(F)cc4F)C(F)(F)F)c(=O)c(O)c3C(=O)N12. The number of alkyl halides is 3. The number of pyridine rings is 1. The third kappa shape index (κ3) is 3.91. The number of carbonyl (C=O) groups is 2. The normalized spacial score (nSPS) is 25.8. The molecule has 2 N–H and O–H groups in total. The van der Waals surface area contributed by atoms with Crippen LogP contribution in [0.5, 0.6) is 5.75 Å². The van der Waals surface area contributed by atoms with Gasteiger partial charge in [-0.25, -0.2) is 8.78 Å². The Bertz CT molecular complexity index is 1330. The van der Waals surface area contributed by atoms with E-state index in [4.69, 9.17) is 4.74 Å². The van der Waals surface area contributed by atoms with Crippen molar-refractivity contribution in [2.45, 2.75) is 44.4 Å². The number of fused-ring (bicyclic) bond motifs is 3. The molecule has 13 heteroatoms. The third-order valence-corrected chi connectivity index (χ3v) is 7.02. The summed E-state index contributed by atoms with van der Waals surface area (Å²) in [7, 11) is 0. The summed E-state index contributed by atoms with van der Waals surface area (Å²) in [5, 5.41) is 12.1. The number of aromatic nitrogens is 1. The summed E-state index contributed by atoms with van der Waals surface area (Å²) in [6, 6.07) is -1.78. The van der Waals surface area contributed by atoms with Gasteiger partial charge in [0, 0.05) is 23.9 Å². The van der Waals surface area contributed by atoms with Crippen LogP contribution in [-0.2, 0) is 11.3 Å². The first-order valence-electron chi connectivity index (χ1n) is 11.1. The standard InChI is InChI=1S/C23H20F5N3O5/c1-9-13-4-10(13)8-36-16-7-30-6-14(18(32)19(33)17(30)22(35)31(9)16)21(34)29-20(23(26,27)28)12-3-2-11(24)5-15(12)25/h2-3,5-6,9-10,13,16,20,33H,4,7-8H2,1H3,(H,29,34)/t9-,10-,13?,16-,20+/m1/s1. The molecule has 1 saturated heterocycles. The Morgan fingerprint density at radius 1 is 1.25 bits per heavy atom. The van der Waals surface area contributed by atoms with Gasteiger partial charge in [-0.3, -0.25) is 14.4 Å². The second kappa shape index (κ2) is 8.29. The van der Waals surface area contributed by atoms with E-state index in [2.05, 4.69) is 0 Å². The Morgan fingerprint density at radius 3 is 2.64 bits per heavy atom. The van der Waals surface area contributed by atoms with Crippen molar-refractivity contribution in [2.75, 3.05) is 6.61 Å². The molecule has 1 aliphatic carbocycles. The number of ether oxygens (including phenoxy) is 1. The van der Waals surface area contributed by atoms with E-state index in [0.717, 1.165) is 17.2 Å². The minimum absolute atomic E-state index is 0.0751. The summed E-state index contributed by atoms with van der Waals surface area (Å²) < 4.78 is 75.3. The zero-order chi connectivity index (χ0) is 26.1. The van der Waals surface area contributed by atoms with Crippen molar-refractivity contribution in [1.82, 2.24) is 14.8 Å². The molecular weight excluding hydrogens is 493 g/mol. The summed E-state index contributed by atoms with van der Waals surface area (Å²) in [5.74, 6) is -5.53. The molecule has 2 amide bonds. The number of aromatic hydroxyl groups is 1. The lowest BCUT2D eigenvalue weighted by atomic mass is 10.0. The molecule has 0 radical (unpaired) electrons. The predicted octanol–water partition coefficient (Wildman–Crippen LogP) is 2.70. The van der Waals surface area contributed by atoms with Gasteiger partial charge in [0.05, 0.1) is 13.2 Å². The van der Waals surface area contributed by atoms with Crippen molar-refractivity contribution in [3.05, 3.63) is 63.1 Å². The fraction of sp³-hybridized carbons (Fsp3) is 0.435. The monoisotopic (exact) mass is 513 g/mol. The number of hydrogen-bond donors (Lipinski definition) is 2. The molecule has 5 rings (SSSR count). The molecule has 5 atom stereocenters. The van der Waals surface area contributed by atoms with Gasteiger partial charge in [-0.2, -0.15) is 13.2 Å². The fourth-order valence-corrected chi connectivity index (χ4v) is 5.04. The summed E-state index contributed by atoms with van der Waals surface area (Å²) in [5.41, 5.74) is -3.72. The van der Waals surface area contributed by atoms with E-state index in [1.54, 1.807) is 5.32 Å².